The van der Waals surface area contributed by atoms with Crippen molar-refractivity contribution in [3.05, 3.63) is 65.2 Å². The van der Waals surface area contributed by atoms with Gasteiger partial charge in [0.2, 0.25) is 0 Å². The molecule has 112 valence electrons. The number of carbonyl (C=O) groups excluding carboxylic acids is 1. The van der Waals surface area contributed by atoms with Crippen molar-refractivity contribution in [1.82, 2.24) is 0 Å². The van der Waals surface area contributed by atoms with Gasteiger partial charge < -0.3 is 14.4 Å². The third-order valence-corrected chi connectivity index (χ3v) is 4.27. The van der Waals surface area contributed by atoms with E-state index < -0.39 is 5.79 Å². The summed E-state index contributed by atoms with van der Waals surface area (Å²) in [6, 6.07) is 15.9. The molecule has 0 radical (unpaired) electrons. The van der Waals surface area contributed by atoms with E-state index in [1.54, 1.807) is 4.90 Å². The summed E-state index contributed by atoms with van der Waals surface area (Å²) in [5.74, 6) is -1.37. The summed E-state index contributed by atoms with van der Waals surface area (Å²) in [6.07, 6.45) is 0. The quantitative estimate of drug-likeness (QED) is 0.855. The third kappa shape index (κ3) is 1.81. The van der Waals surface area contributed by atoms with Crippen molar-refractivity contribution in [1.29, 1.82) is 0 Å². The molecule has 2 heterocycles. The first-order valence-corrected chi connectivity index (χ1v) is 7.46. The lowest BCUT2D eigenvalue weighted by Crippen LogP contribution is -2.40. The molecule has 4 rings (SSSR count). The van der Waals surface area contributed by atoms with E-state index in [1.165, 1.54) is 0 Å². The molecule has 2 aromatic rings. The predicted molar refractivity (Wildman–Crippen MR) is 82.4 cm³/mol. The zero-order valence-corrected chi connectivity index (χ0v) is 12.4. The largest absolute Gasteiger partial charge is 0.336 e. The summed E-state index contributed by atoms with van der Waals surface area (Å²) in [7, 11) is 0. The Bertz CT molecular complexity index is 720. The zero-order valence-electron chi connectivity index (χ0n) is 12.4. The lowest BCUT2D eigenvalue weighted by Gasteiger charge is -2.22. The van der Waals surface area contributed by atoms with Crippen molar-refractivity contribution in [3.63, 3.8) is 0 Å². The highest BCUT2D eigenvalue weighted by molar-refractivity contribution is 6.06. The van der Waals surface area contributed by atoms with Crippen LogP contribution in [0, 0.1) is 6.92 Å². The van der Waals surface area contributed by atoms with Crippen LogP contribution < -0.4 is 4.90 Å². The Hall–Kier alpha value is -2.17. The fourth-order valence-corrected chi connectivity index (χ4v) is 3.29. The summed E-state index contributed by atoms with van der Waals surface area (Å²) in [5.41, 5.74) is 3.88. The molecule has 0 saturated carbocycles. The minimum absolute atomic E-state index is 0.127. The summed E-state index contributed by atoms with van der Waals surface area (Å²) < 4.78 is 11.5. The van der Waals surface area contributed by atoms with Crippen LogP contribution in [-0.4, -0.2) is 19.1 Å². The van der Waals surface area contributed by atoms with Crippen molar-refractivity contribution in [3.8, 4) is 0 Å². The van der Waals surface area contributed by atoms with Gasteiger partial charge in [0, 0.05) is 5.56 Å². The molecule has 0 atom stereocenters. The van der Waals surface area contributed by atoms with Gasteiger partial charge in [0.1, 0.15) is 0 Å². The second-order valence-corrected chi connectivity index (χ2v) is 5.66. The van der Waals surface area contributed by atoms with Gasteiger partial charge in [-0.15, -0.1) is 0 Å². The Balaban J connectivity index is 1.82. The minimum Gasteiger partial charge on any atom is -0.336 e. The number of fused-ring (bicyclic) bond motifs is 2. The first-order valence-electron chi connectivity index (χ1n) is 7.46. The number of rotatable bonds is 2. The van der Waals surface area contributed by atoms with Crippen LogP contribution in [0.3, 0.4) is 0 Å². The Morgan fingerprint density at radius 2 is 1.77 bits per heavy atom. The molecule has 0 N–H and O–H groups in total. The van der Waals surface area contributed by atoms with Crippen LogP contribution in [-0.2, 0) is 26.6 Å². The van der Waals surface area contributed by atoms with Crippen molar-refractivity contribution in [2.45, 2.75) is 19.3 Å². The third-order valence-electron chi connectivity index (χ3n) is 4.27. The van der Waals surface area contributed by atoms with Crippen molar-refractivity contribution < 1.29 is 14.3 Å². The molecule has 0 aromatic heterocycles. The highest BCUT2D eigenvalue weighted by atomic mass is 16.7. The van der Waals surface area contributed by atoms with Gasteiger partial charge in [-0.05, 0) is 18.1 Å². The number of hydrogen-bond acceptors (Lipinski definition) is 3. The predicted octanol–water partition coefficient (Wildman–Crippen LogP) is 2.74. The topological polar surface area (TPSA) is 38.8 Å². The first-order chi connectivity index (χ1) is 10.7. The maximum atomic E-state index is 13.0. The van der Waals surface area contributed by atoms with Gasteiger partial charge in [-0.2, -0.15) is 0 Å². The van der Waals surface area contributed by atoms with E-state index in [-0.39, 0.29) is 5.91 Å². The van der Waals surface area contributed by atoms with Gasteiger partial charge in [-0.1, -0.05) is 48.5 Å². The van der Waals surface area contributed by atoms with Crippen LogP contribution in [0.5, 0.6) is 0 Å². The summed E-state index contributed by atoms with van der Waals surface area (Å²) in [6.45, 7) is 3.42. The number of para-hydroxylation sites is 1. The van der Waals surface area contributed by atoms with Crippen LogP contribution in [0.4, 0.5) is 5.69 Å². The van der Waals surface area contributed by atoms with E-state index in [4.69, 9.17) is 9.47 Å². The van der Waals surface area contributed by atoms with Crippen molar-refractivity contribution in [2.75, 3.05) is 18.1 Å². The molecule has 4 heteroatoms. The Morgan fingerprint density at radius 3 is 2.50 bits per heavy atom. The van der Waals surface area contributed by atoms with Crippen LogP contribution in [0.25, 0.3) is 0 Å². The van der Waals surface area contributed by atoms with Crippen molar-refractivity contribution in [2.24, 2.45) is 0 Å². The number of anilines is 1. The second kappa shape index (κ2) is 4.93. The molecule has 1 saturated heterocycles. The van der Waals surface area contributed by atoms with Gasteiger partial charge in [-0.25, -0.2) is 0 Å². The number of hydrogen-bond donors (Lipinski definition) is 0. The van der Waals surface area contributed by atoms with E-state index >= 15 is 0 Å². The van der Waals surface area contributed by atoms with Gasteiger partial charge >= 0.3 is 0 Å². The van der Waals surface area contributed by atoms with E-state index in [0.29, 0.717) is 19.8 Å². The van der Waals surface area contributed by atoms with Crippen LogP contribution >= 0.6 is 0 Å². The average molecular weight is 295 g/mol. The fraction of sp³-hybridized carbons (Fsp3) is 0.278. The van der Waals surface area contributed by atoms with Crippen molar-refractivity contribution >= 4 is 11.6 Å². The number of aryl methyl sites for hydroxylation is 1. The Morgan fingerprint density at radius 1 is 1.05 bits per heavy atom. The first kappa shape index (κ1) is 13.5. The SMILES string of the molecule is Cc1cccc2c1N(Cc1ccccc1)C(=O)C21OCCO1. The summed E-state index contributed by atoms with van der Waals surface area (Å²) in [5, 5.41) is 0. The molecule has 2 aliphatic heterocycles. The molecule has 2 aliphatic rings. The monoisotopic (exact) mass is 295 g/mol. The van der Waals surface area contributed by atoms with E-state index in [1.807, 2.05) is 55.5 Å². The van der Waals surface area contributed by atoms with Crippen LogP contribution in [0.1, 0.15) is 16.7 Å². The maximum absolute atomic E-state index is 13.0. The molecule has 22 heavy (non-hydrogen) atoms. The smallest absolute Gasteiger partial charge is 0.292 e. The molecular formula is C18H17NO3. The van der Waals surface area contributed by atoms with Gasteiger partial charge in [0.15, 0.2) is 0 Å². The molecule has 1 fully saturated rings. The lowest BCUT2D eigenvalue weighted by atomic mass is 10.0. The van der Waals surface area contributed by atoms with Gasteiger partial charge in [-0.3, -0.25) is 4.79 Å². The molecule has 0 aliphatic carbocycles. The normalized spacial score (nSPS) is 19.0. The fourth-order valence-electron chi connectivity index (χ4n) is 3.29. The number of nitrogens with zero attached hydrogens (tertiary/aromatic N) is 1. The molecule has 1 spiro atoms. The average Bonchev–Trinajstić information content (AvgIpc) is 3.11. The minimum atomic E-state index is -1.24. The highest BCUT2D eigenvalue weighted by Crippen LogP contribution is 2.47. The number of carbonyl (C=O) groups is 1. The molecule has 1 amide bonds. The molecule has 0 bridgehead atoms. The maximum Gasteiger partial charge on any atom is 0.292 e. The summed E-state index contributed by atoms with van der Waals surface area (Å²) >= 11 is 0. The van der Waals surface area contributed by atoms with E-state index in [2.05, 4.69) is 0 Å². The number of ether oxygens (including phenoxy) is 2. The standard InChI is InChI=1S/C18H17NO3/c1-13-6-5-9-15-16(13)19(12-14-7-3-2-4-8-14)17(20)18(15)21-10-11-22-18/h2-9H,10-12H2,1H3. The molecule has 4 nitrogen and oxygen atoms in total. The van der Waals surface area contributed by atoms with E-state index in [0.717, 1.165) is 22.4 Å². The molecule has 0 unspecified atom stereocenters. The van der Waals surface area contributed by atoms with Crippen LogP contribution in [0.2, 0.25) is 0 Å². The Labute approximate surface area is 129 Å². The second-order valence-electron chi connectivity index (χ2n) is 5.66. The van der Waals surface area contributed by atoms with Gasteiger partial charge in [0.05, 0.1) is 25.4 Å². The summed E-state index contributed by atoms with van der Waals surface area (Å²) in [4.78, 5) is 14.8. The van der Waals surface area contributed by atoms with E-state index in [9.17, 15) is 4.79 Å². The lowest BCUT2D eigenvalue weighted by molar-refractivity contribution is -0.180. The number of benzene rings is 2. The van der Waals surface area contributed by atoms with Crippen LogP contribution in [0.15, 0.2) is 48.5 Å². The molecule has 2 aromatic carbocycles. The highest BCUT2D eigenvalue weighted by Gasteiger charge is 2.56. The number of amides is 1. The molecular weight excluding hydrogens is 278 g/mol. The van der Waals surface area contributed by atoms with Gasteiger partial charge in [0.25, 0.3) is 11.7 Å². The Kier molecular flexibility index (Phi) is 3.03. The zero-order chi connectivity index (χ0) is 15.2.